The lowest BCUT2D eigenvalue weighted by Crippen LogP contribution is -2.32. The lowest BCUT2D eigenvalue weighted by Gasteiger charge is -2.10. The van der Waals surface area contributed by atoms with Gasteiger partial charge in [0.1, 0.15) is 0 Å². The van der Waals surface area contributed by atoms with E-state index in [1.807, 2.05) is 0 Å². The number of halogens is 2. The van der Waals surface area contributed by atoms with Crippen molar-refractivity contribution in [2.24, 2.45) is 0 Å². The fourth-order valence-corrected chi connectivity index (χ4v) is 2.88. The topological polar surface area (TPSA) is 68.2 Å². The molecule has 0 atom stereocenters. The fraction of sp³-hybridized carbons (Fsp3) is 0.0833. The Balaban J connectivity index is 2.40. The first-order valence-electron chi connectivity index (χ1n) is 5.47. The van der Waals surface area contributed by atoms with Crippen molar-refractivity contribution in [3.63, 3.8) is 0 Å². The van der Waals surface area contributed by atoms with E-state index in [-0.39, 0.29) is 14.9 Å². The zero-order valence-electron chi connectivity index (χ0n) is 10.3. The van der Waals surface area contributed by atoms with Gasteiger partial charge in [0, 0.05) is 12.3 Å². The normalized spacial score (nSPS) is 11.3. The number of sulfonamides is 1. The molecule has 0 aliphatic heterocycles. The van der Waals surface area contributed by atoms with Crippen molar-refractivity contribution < 1.29 is 8.42 Å². The van der Waals surface area contributed by atoms with E-state index < -0.39 is 15.6 Å². The molecule has 0 saturated carbocycles. The molecule has 0 saturated heterocycles. The summed E-state index contributed by atoms with van der Waals surface area (Å²) in [4.78, 5) is 13.7. The van der Waals surface area contributed by atoms with E-state index in [1.165, 1.54) is 30.5 Å². The standard InChI is InChI=1S/C12H10Cl2N2O3S/c1-8-4-5-16(12(17)6-8)15-20(18,19)9-2-3-10(13)11(14)7-9/h2-7,15H,1H3. The highest BCUT2D eigenvalue weighted by Gasteiger charge is 2.16. The highest BCUT2D eigenvalue weighted by atomic mass is 35.5. The molecule has 0 amide bonds. The quantitative estimate of drug-likeness (QED) is 0.938. The van der Waals surface area contributed by atoms with E-state index in [0.29, 0.717) is 0 Å². The summed E-state index contributed by atoms with van der Waals surface area (Å²) in [5, 5.41) is 0.365. The summed E-state index contributed by atoms with van der Waals surface area (Å²) in [7, 11) is -3.92. The Labute approximate surface area is 125 Å². The van der Waals surface area contributed by atoms with Crippen LogP contribution in [-0.4, -0.2) is 13.1 Å². The van der Waals surface area contributed by atoms with Crippen molar-refractivity contribution in [2.45, 2.75) is 11.8 Å². The summed E-state index contributed by atoms with van der Waals surface area (Å²) in [6.07, 6.45) is 1.34. The van der Waals surface area contributed by atoms with Gasteiger partial charge >= 0.3 is 0 Å². The second-order valence-corrected chi connectivity index (χ2v) is 6.56. The van der Waals surface area contributed by atoms with Crippen molar-refractivity contribution >= 4 is 33.2 Å². The number of nitrogens with zero attached hydrogens (tertiary/aromatic N) is 1. The molecule has 0 aliphatic rings. The average molecular weight is 333 g/mol. The van der Waals surface area contributed by atoms with Gasteiger partial charge in [-0.1, -0.05) is 23.2 Å². The molecular formula is C12H10Cl2N2O3S. The predicted molar refractivity (Wildman–Crippen MR) is 78.4 cm³/mol. The number of pyridine rings is 1. The van der Waals surface area contributed by atoms with Crippen molar-refractivity contribution in [3.8, 4) is 0 Å². The van der Waals surface area contributed by atoms with Crippen LogP contribution in [-0.2, 0) is 10.0 Å². The van der Waals surface area contributed by atoms with Crippen LogP contribution >= 0.6 is 23.2 Å². The van der Waals surface area contributed by atoms with Gasteiger partial charge in [-0.15, -0.1) is 0 Å². The van der Waals surface area contributed by atoms with E-state index in [4.69, 9.17) is 23.2 Å². The van der Waals surface area contributed by atoms with Gasteiger partial charge in [0.2, 0.25) is 0 Å². The SMILES string of the molecule is Cc1ccn(NS(=O)(=O)c2ccc(Cl)c(Cl)c2)c(=O)c1. The van der Waals surface area contributed by atoms with Crippen LogP contribution in [0, 0.1) is 6.92 Å². The van der Waals surface area contributed by atoms with E-state index in [1.54, 1.807) is 13.0 Å². The first-order chi connectivity index (χ1) is 9.29. The summed E-state index contributed by atoms with van der Waals surface area (Å²) in [5.41, 5.74) is 0.258. The zero-order valence-corrected chi connectivity index (χ0v) is 12.6. The zero-order chi connectivity index (χ0) is 14.9. The fourth-order valence-electron chi connectivity index (χ4n) is 1.48. The van der Waals surface area contributed by atoms with Crippen molar-refractivity contribution in [2.75, 3.05) is 4.83 Å². The molecule has 20 heavy (non-hydrogen) atoms. The summed E-state index contributed by atoms with van der Waals surface area (Å²) in [6.45, 7) is 1.74. The lowest BCUT2D eigenvalue weighted by molar-refractivity contribution is 0.594. The van der Waals surface area contributed by atoms with Crippen LogP contribution in [0.25, 0.3) is 0 Å². The lowest BCUT2D eigenvalue weighted by atomic mass is 10.3. The van der Waals surface area contributed by atoms with E-state index in [0.717, 1.165) is 10.2 Å². The maximum Gasteiger partial charge on any atom is 0.275 e. The van der Waals surface area contributed by atoms with Crippen molar-refractivity contribution in [1.29, 1.82) is 0 Å². The van der Waals surface area contributed by atoms with Crippen LogP contribution in [0.15, 0.2) is 46.2 Å². The monoisotopic (exact) mass is 332 g/mol. The van der Waals surface area contributed by atoms with Gasteiger partial charge < -0.3 is 0 Å². The minimum atomic E-state index is -3.92. The van der Waals surface area contributed by atoms with Gasteiger partial charge in [0.05, 0.1) is 14.9 Å². The van der Waals surface area contributed by atoms with Crippen LogP contribution in [0.1, 0.15) is 5.56 Å². The third kappa shape index (κ3) is 3.15. The highest BCUT2D eigenvalue weighted by Crippen LogP contribution is 2.24. The average Bonchev–Trinajstić information content (AvgIpc) is 2.36. The second-order valence-electron chi connectivity index (χ2n) is 4.08. The predicted octanol–water partition coefficient (Wildman–Crippen LogP) is 2.40. The molecule has 1 aromatic carbocycles. The summed E-state index contributed by atoms with van der Waals surface area (Å²) >= 11 is 11.5. The maximum atomic E-state index is 12.1. The second kappa shape index (κ2) is 5.47. The molecule has 2 rings (SSSR count). The Kier molecular flexibility index (Phi) is 4.08. The van der Waals surface area contributed by atoms with Crippen molar-refractivity contribution in [1.82, 2.24) is 4.68 Å². The van der Waals surface area contributed by atoms with E-state index in [9.17, 15) is 13.2 Å². The number of hydrogen-bond acceptors (Lipinski definition) is 3. The van der Waals surface area contributed by atoms with Crippen LogP contribution in [0.5, 0.6) is 0 Å². The number of hydrogen-bond donors (Lipinski definition) is 1. The molecule has 5 nitrogen and oxygen atoms in total. The van der Waals surface area contributed by atoms with Crippen LogP contribution in [0.2, 0.25) is 10.0 Å². The largest absolute Gasteiger partial charge is 0.275 e. The summed E-state index contributed by atoms with van der Waals surface area (Å²) in [5.74, 6) is 0. The van der Waals surface area contributed by atoms with Gasteiger partial charge in [0.25, 0.3) is 15.6 Å². The van der Waals surface area contributed by atoms with Gasteiger partial charge in [-0.3, -0.25) is 4.79 Å². The molecule has 1 aromatic heterocycles. The van der Waals surface area contributed by atoms with Crippen LogP contribution in [0.4, 0.5) is 0 Å². The highest BCUT2D eigenvalue weighted by molar-refractivity contribution is 7.92. The Morgan fingerprint density at radius 2 is 1.80 bits per heavy atom. The molecule has 106 valence electrons. The first-order valence-corrected chi connectivity index (χ1v) is 7.71. The van der Waals surface area contributed by atoms with Crippen LogP contribution in [0.3, 0.4) is 0 Å². The Morgan fingerprint density at radius 1 is 1.10 bits per heavy atom. The Hall–Kier alpha value is -1.50. The van der Waals surface area contributed by atoms with Gasteiger partial charge in [-0.25, -0.2) is 9.51 Å². The number of aromatic nitrogens is 1. The molecule has 0 bridgehead atoms. The first kappa shape index (κ1) is 14.9. The number of rotatable bonds is 3. The molecule has 8 heteroatoms. The maximum absolute atomic E-state index is 12.1. The minimum absolute atomic E-state index is 0.0839. The molecule has 2 aromatic rings. The molecule has 1 heterocycles. The smallest absolute Gasteiger partial charge is 0.267 e. The van der Waals surface area contributed by atoms with Crippen LogP contribution < -0.4 is 10.4 Å². The molecule has 0 radical (unpaired) electrons. The Morgan fingerprint density at radius 3 is 2.40 bits per heavy atom. The minimum Gasteiger partial charge on any atom is -0.267 e. The number of nitrogens with one attached hydrogen (secondary N) is 1. The van der Waals surface area contributed by atoms with Gasteiger partial charge in [-0.05, 0) is 36.8 Å². The Bertz CT molecular complexity index is 816. The van der Waals surface area contributed by atoms with Gasteiger partial charge in [0.15, 0.2) is 0 Å². The molecule has 1 N–H and O–H groups in total. The van der Waals surface area contributed by atoms with E-state index in [2.05, 4.69) is 4.83 Å². The third-order valence-electron chi connectivity index (χ3n) is 2.49. The van der Waals surface area contributed by atoms with Crippen molar-refractivity contribution in [3.05, 3.63) is 62.5 Å². The van der Waals surface area contributed by atoms with E-state index >= 15 is 0 Å². The number of benzene rings is 1. The molecule has 0 unspecified atom stereocenters. The number of aryl methyl sites for hydroxylation is 1. The molecule has 0 aliphatic carbocycles. The molecule has 0 fully saturated rings. The van der Waals surface area contributed by atoms with Gasteiger partial charge in [-0.2, -0.15) is 8.42 Å². The summed E-state index contributed by atoms with van der Waals surface area (Å²) < 4.78 is 25.1. The summed E-state index contributed by atoms with van der Waals surface area (Å²) in [6, 6.07) is 6.81. The molecular weight excluding hydrogens is 323 g/mol. The molecule has 0 spiro atoms. The third-order valence-corrected chi connectivity index (χ3v) is 4.55.